The van der Waals surface area contributed by atoms with E-state index in [1.807, 2.05) is 13.8 Å². The molecule has 7 nitrogen and oxygen atoms in total. The molecule has 0 bridgehead atoms. The van der Waals surface area contributed by atoms with Crippen molar-refractivity contribution in [3.05, 3.63) is 0 Å². The van der Waals surface area contributed by atoms with Gasteiger partial charge in [-0.2, -0.15) is 0 Å². The first-order valence-corrected chi connectivity index (χ1v) is 7.79. The van der Waals surface area contributed by atoms with Crippen LogP contribution in [0.2, 0.25) is 0 Å². The fourth-order valence-electron chi connectivity index (χ4n) is 2.16. The number of aliphatic hydroxyl groups is 3. The SMILES string of the molecule is CC(C)CC(CO)(CO)N(CO)CCCS(=O)(=O)[O-]. The largest absolute Gasteiger partial charge is 0.748 e. The Kier molecular flexibility index (Phi) is 8.02. The molecule has 0 aliphatic heterocycles. The monoisotopic (exact) mass is 298 g/mol. The second-order valence-corrected chi connectivity index (χ2v) is 6.68. The average Bonchev–Trinajstić information content (AvgIpc) is 2.30. The van der Waals surface area contributed by atoms with Crippen LogP contribution < -0.4 is 0 Å². The zero-order valence-electron chi connectivity index (χ0n) is 11.4. The highest BCUT2D eigenvalue weighted by atomic mass is 32.2. The Labute approximate surface area is 114 Å². The molecule has 0 aliphatic rings. The second kappa shape index (κ2) is 8.13. The molecule has 0 saturated carbocycles. The predicted octanol–water partition coefficient (Wildman–Crippen LogP) is -1.06. The van der Waals surface area contributed by atoms with Gasteiger partial charge >= 0.3 is 0 Å². The van der Waals surface area contributed by atoms with Crippen LogP contribution in [-0.4, -0.2) is 71.0 Å². The Balaban J connectivity index is 4.75. The molecule has 0 aliphatic carbocycles. The first-order valence-electron chi connectivity index (χ1n) is 6.22. The molecule has 0 aromatic heterocycles. The van der Waals surface area contributed by atoms with Gasteiger partial charge in [-0.3, -0.25) is 4.90 Å². The van der Waals surface area contributed by atoms with Crippen molar-refractivity contribution >= 4 is 10.1 Å². The number of rotatable bonds is 10. The fourth-order valence-corrected chi connectivity index (χ4v) is 2.64. The zero-order valence-corrected chi connectivity index (χ0v) is 12.3. The molecule has 3 N–H and O–H groups in total. The maximum absolute atomic E-state index is 10.5. The van der Waals surface area contributed by atoms with E-state index >= 15 is 0 Å². The van der Waals surface area contributed by atoms with Crippen LogP contribution in [0.5, 0.6) is 0 Å². The van der Waals surface area contributed by atoms with Crippen molar-refractivity contribution in [2.45, 2.75) is 32.2 Å². The van der Waals surface area contributed by atoms with Gasteiger partial charge in [0.2, 0.25) is 0 Å². The molecule has 0 spiro atoms. The molecule has 19 heavy (non-hydrogen) atoms. The summed E-state index contributed by atoms with van der Waals surface area (Å²) in [5.41, 5.74) is -1.00. The van der Waals surface area contributed by atoms with Gasteiger partial charge in [0.15, 0.2) is 0 Å². The summed E-state index contributed by atoms with van der Waals surface area (Å²) in [5.74, 6) is -0.352. The number of aliphatic hydroxyl groups excluding tert-OH is 3. The van der Waals surface area contributed by atoms with Crippen molar-refractivity contribution in [2.75, 3.05) is 32.2 Å². The van der Waals surface area contributed by atoms with Crippen molar-refractivity contribution in [3.63, 3.8) is 0 Å². The van der Waals surface area contributed by atoms with Gasteiger partial charge in [0.05, 0.1) is 35.6 Å². The minimum Gasteiger partial charge on any atom is -0.748 e. The topological polar surface area (TPSA) is 121 Å². The lowest BCUT2D eigenvalue weighted by Gasteiger charge is -2.41. The van der Waals surface area contributed by atoms with E-state index in [4.69, 9.17) is 0 Å². The summed E-state index contributed by atoms with van der Waals surface area (Å²) < 4.78 is 31.6. The Morgan fingerprint density at radius 1 is 1.21 bits per heavy atom. The Bertz CT molecular complexity index is 339. The molecular weight excluding hydrogens is 274 g/mol. The van der Waals surface area contributed by atoms with Crippen LogP contribution in [0, 0.1) is 5.92 Å². The van der Waals surface area contributed by atoms with Gasteiger partial charge in [-0.1, -0.05) is 13.8 Å². The fraction of sp³-hybridized carbons (Fsp3) is 1.00. The minimum atomic E-state index is -4.29. The molecule has 0 heterocycles. The van der Waals surface area contributed by atoms with Gasteiger partial charge in [-0.25, -0.2) is 8.42 Å². The Hall–Kier alpha value is -0.250. The molecule has 0 fully saturated rings. The summed E-state index contributed by atoms with van der Waals surface area (Å²) in [5, 5.41) is 28.3. The summed E-state index contributed by atoms with van der Waals surface area (Å²) in [6.07, 6.45) is 0.497. The molecule has 116 valence electrons. The molecule has 0 aromatic carbocycles. The van der Waals surface area contributed by atoms with E-state index in [1.54, 1.807) is 0 Å². The van der Waals surface area contributed by atoms with Gasteiger partial charge in [-0.15, -0.1) is 0 Å². The third-order valence-corrected chi connectivity index (χ3v) is 3.83. The maximum Gasteiger partial charge on any atom is 0.0962 e. The maximum atomic E-state index is 10.5. The van der Waals surface area contributed by atoms with Crippen molar-refractivity contribution in [2.24, 2.45) is 5.92 Å². The quantitative estimate of drug-likeness (QED) is 0.347. The molecular formula is C11H24NO6S-. The summed E-state index contributed by atoms with van der Waals surface area (Å²) in [7, 11) is -4.29. The van der Waals surface area contributed by atoms with E-state index in [2.05, 4.69) is 0 Å². The first kappa shape index (κ1) is 18.8. The number of hydrogen-bond donors (Lipinski definition) is 3. The first-order chi connectivity index (χ1) is 8.70. The smallest absolute Gasteiger partial charge is 0.0962 e. The molecule has 0 amide bonds. The minimum absolute atomic E-state index is 0.0479. The van der Waals surface area contributed by atoms with E-state index in [9.17, 15) is 28.3 Å². The standard InChI is InChI=1S/C11H25NO6S/c1-10(2)6-11(7-13,8-14)12(9-15)4-3-5-19(16,17)18/h10,13-15H,3-9H2,1-2H3,(H,16,17,18)/p-1. The van der Waals surface area contributed by atoms with Gasteiger partial charge < -0.3 is 19.9 Å². The molecule has 0 rings (SSSR count). The van der Waals surface area contributed by atoms with Gasteiger partial charge in [0, 0.05) is 12.3 Å². The van der Waals surface area contributed by atoms with Crippen molar-refractivity contribution in [1.29, 1.82) is 0 Å². The third kappa shape index (κ3) is 6.64. The highest BCUT2D eigenvalue weighted by molar-refractivity contribution is 7.85. The molecule has 0 aromatic rings. The summed E-state index contributed by atoms with van der Waals surface area (Å²) in [6.45, 7) is 2.81. The van der Waals surface area contributed by atoms with Crippen molar-refractivity contribution in [3.8, 4) is 0 Å². The lowest BCUT2D eigenvalue weighted by Crippen LogP contribution is -2.56. The van der Waals surface area contributed by atoms with Gasteiger partial charge in [0.1, 0.15) is 0 Å². The van der Waals surface area contributed by atoms with Crippen LogP contribution >= 0.6 is 0 Å². The van der Waals surface area contributed by atoms with Crippen molar-refractivity contribution in [1.82, 2.24) is 4.90 Å². The third-order valence-electron chi connectivity index (χ3n) is 3.04. The van der Waals surface area contributed by atoms with E-state index in [1.165, 1.54) is 4.90 Å². The van der Waals surface area contributed by atoms with Crippen LogP contribution in [0.1, 0.15) is 26.7 Å². The summed E-state index contributed by atoms with van der Waals surface area (Å²) in [4.78, 5) is 1.41. The van der Waals surface area contributed by atoms with E-state index < -0.39 is 28.1 Å². The average molecular weight is 298 g/mol. The molecule has 8 heteroatoms. The molecule has 0 unspecified atom stereocenters. The highest BCUT2D eigenvalue weighted by Gasteiger charge is 2.35. The molecule has 0 atom stereocenters. The number of hydrogen-bond acceptors (Lipinski definition) is 7. The van der Waals surface area contributed by atoms with E-state index in [0.29, 0.717) is 6.42 Å². The Morgan fingerprint density at radius 2 is 1.74 bits per heavy atom. The number of nitrogens with zero attached hydrogens (tertiary/aromatic N) is 1. The summed E-state index contributed by atoms with van der Waals surface area (Å²) >= 11 is 0. The van der Waals surface area contributed by atoms with Crippen molar-refractivity contribution < 1.29 is 28.3 Å². The van der Waals surface area contributed by atoms with Crippen LogP contribution in [0.15, 0.2) is 0 Å². The highest BCUT2D eigenvalue weighted by Crippen LogP contribution is 2.23. The van der Waals surface area contributed by atoms with Crippen LogP contribution in [-0.2, 0) is 10.1 Å². The normalized spacial score (nSPS) is 13.5. The van der Waals surface area contributed by atoms with E-state index in [0.717, 1.165) is 0 Å². The molecule has 0 saturated heterocycles. The Morgan fingerprint density at radius 3 is 2.05 bits per heavy atom. The summed E-state index contributed by atoms with van der Waals surface area (Å²) in [6, 6.07) is 0. The van der Waals surface area contributed by atoms with Gasteiger partial charge in [0.25, 0.3) is 0 Å². The lowest BCUT2D eigenvalue weighted by atomic mass is 9.88. The van der Waals surface area contributed by atoms with Gasteiger partial charge in [-0.05, 0) is 18.8 Å². The second-order valence-electron chi connectivity index (χ2n) is 5.16. The lowest BCUT2D eigenvalue weighted by molar-refractivity contribution is -0.0663. The van der Waals surface area contributed by atoms with Crippen LogP contribution in [0.3, 0.4) is 0 Å². The predicted molar refractivity (Wildman–Crippen MR) is 69.3 cm³/mol. The zero-order chi connectivity index (χ0) is 15.1. The van der Waals surface area contributed by atoms with Crippen LogP contribution in [0.4, 0.5) is 0 Å². The van der Waals surface area contributed by atoms with Crippen LogP contribution in [0.25, 0.3) is 0 Å². The van der Waals surface area contributed by atoms with E-state index in [-0.39, 0.29) is 32.1 Å². The molecule has 0 radical (unpaired) electrons.